The minimum Gasteiger partial charge on any atom is -0.481 e. The van der Waals surface area contributed by atoms with Crippen LogP contribution in [0.4, 0.5) is 11.4 Å². The zero-order chi connectivity index (χ0) is 34.1. The summed E-state index contributed by atoms with van der Waals surface area (Å²) in [5.41, 5.74) is 8.06. The van der Waals surface area contributed by atoms with Gasteiger partial charge in [0.15, 0.2) is 0 Å². The number of aliphatic carboxylic acids is 2. The molecule has 11 heteroatoms. The van der Waals surface area contributed by atoms with E-state index in [0.717, 1.165) is 33.4 Å². The van der Waals surface area contributed by atoms with E-state index < -0.39 is 11.9 Å². The molecule has 11 nitrogen and oxygen atoms in total. The van der Waals surface area contributed by atoms with Gasteiger partial charge < -0.3 is 34.6 Å². The van der Waals surface area contributed by atoms with Gasteiger partial charge in [-0.2, -0.15) is 0 Å². The van der Waals surface area contributed by atoms with Crippen LogP contribution in [0, 0.1) is 13.8 Å². The summed E-state index contributed by atoms with van der Waals surface area (Å²) < 4.78 is 16.7. The van der Waals surface area contributed by atoms with E-state index in [2.05, 4.69) is 60.5 Å². The Bertz CT molecular complexity index is 1240. The topological polar surface area (TPSA) is 152 Å². The van der Waals surface area contributed by atoms with E-state index in [1.54, 1.807) is 0 Å². The van der Waals surface area contributed by atoms with Gasteiger partial charge in [0.05, 0.1) is 6.10 Å². The minimum atomic E-state index is -0.833. The molecule has 1 fully saturated rings. The van der Waals surface area contributed by atoms with Crippen LogP contribution in [0.15, 0.2) is 36.4 Å². The number of fused-ring (bicyclic) bond motifs is 2. The second-order valence-electron chi connectivity index (χ2n) is 10.5. The van der Waals surface area contributed by atoms with Crippen LogP contribution in [0.3, 0.4) is 0 Å². The summed E-state index contributed by atoms with van der Waals surface area (Å²) in [6, 6.07) is 12.7. The first kappa shape index (κ1) is 38.9. The highest BCUT2D eigenvalue weighted by molar-refractivity contribution is 5.66. The van der Waals surface area contributed by atoms with Crippen LogP contribution in [0.25, 0.3) is 0 Å². The average molecular weight is 631 g/mol. The van der Waals surface area contributed by atoms with Crippen LogP contribution in [0.2, 0.25) is 0 Å². The van der Waals surface area contributed by atoms with E-state index in [0.29, 0.717) is 12.8 Å². The van der Waals surface area contributed by atoms with Crippen LogP contribution in [-0.4, -0.2) is 72.2 Å². The molecule has 250 valence electrons. The van der Waals surface area contributed by atoms with Crippen LogP contribution in [-0.2, 0) is 46.2 Å². The van der Waals surface area contributed by atoms with Gasteiger partial charge in [0, 0.05) is 65.0 Å². The lowest BCUT2D eigenvalue weighted by atomic mass is 10.0. The molecule has 3 aliphatic rings. The highest BCUT2D eigenvalue weighted by atomic mass is 16.6. The molecule has 2 aromatic carbocycles. The molecule has 3 N–H and O–H groups in total. The van der Waals surface area contributed by atoms with Crippen molar-refractivity contribution in [1.82, 2.24) is 0 Å². The fourth-order valence-electron chi connectivity index (χ4n) is 5.25. The molecule has 3 heterocycles. The monoisotopic (exact) mass is 630 g/mol. The maximum Gasteiger partial charge on any atom is 0.302 e. The normalized spacial score (nSPS) is 18.6. The third-order valence-corrected chi connectivity index (χ3v) is 6.89. The highest BCUT2D eigenvalue weighted by Gasteiger charge is 2.37. The number of carboxylic acid groups (broad SMARTS) is 2. The van der Waals surface area contributed by atoms with Gasteiger partial charge in [-0.15, -0.1) is 0 Å². The summed E-state index contributed by atoms with van der Waals surface area (Å²) in [4.78, 5) is 42.7. The Morgan fingerprint density at radius 1 is 0.867 bits per heavy atom. The van der Waals surface area contributed by atoms with E-state index in [9.17, 15) is 9.59 Å². The number of nitrogens with one attached hydrogen (secondary N) is 1. The zero-order valence-electron chi connectivity index (χ0n) is 27.8. The number of carbonyl (C=O) groups is 4. The predicted octanol–water partition coefficient (Wildman–Crippen LogP) is 5.53. The maximum atomic E-state index is 11.4. The number of nitrogens with zero attached hydrogens (tertiary/aromatic N) is 1. The quantitative estimate of drug-likeness (QED) is 0.366. The SMILES string of the molecule is CC.CC(=O)O.CC(=O)O.CC(=O)OCC1CC(OC(C)=O)CC(N2CCc3c(C)cccc32)O1.Cc1cccc2c1CCN2. The fraction of sp³-hybridized carbons (Fsp3) is 0.529. The molecular formula is C34H50N2O9. The molecule has 0 spiro atoms. The second-order valence-corrected chi connectivity index (χ2v) is 10.5. The van der Waals surface area contributed by atoms with Crippen molar-refractivity contribution in [3.8, 4) is 0 Å². The van der Waals surface area contributed by atoms with Gasteiger partial charge in [0.25, 0.3) is 11.9 Å². The van der Waals surface area contributed by atoms with Crippen molar-refractivity contribution < 1.29 is 43.6 Å². The summed E-state index contributed by atoms with van der Waals surface area (Å²) in [5, 5.41) is 18.2. The van der Waals surface area contributed by atoms with E-state index in [-0.39, 0.29) is 37.0 Å². The molecular weight excluding hydrogens is 580 g/mol. The average Bonchev–Trinajstić information content (AvgIpc) is 3.61. The third-order valence-electron chi connectivity index (χ3n) is 6.89. The number of hydrogen-bond donors (Lipinski definition) is 3. The van der Waals surface area contributed by atoms with E-state index in [4.69, 9.17) is 34.0 Å². The van der Waals surface area contributed by atoms with Crippen LogP contribution in [0.5, 0.6) is 0 Å². The van der Waals surface area contributed by atoms with Crippen molar-refractivity contribution in [2.45, 2.75) is 99.5 Å². The van der Waals surface area contributed by atoms with Crippen molar-refractivity contribution in [3.63, 3.8) is 0 Å². The molecule has 3 atom stereocenters. The summed E-state index contributed by atoms with van der Waals surface area (Å²) >= 11 is 0. The Kier molecular flexibility index (Phi) is 17.3. The van der Waals surface area contributed by atoms with E-state index in [1.807, 2.05) is 13.8 Å². The Labute approximate surface area is 266 Å². The standard InChI is InChI=1S/C19H25NO5.C9H11N.2C2H4O2.C2H6/c1-12-5-4-6-18-17(12)7-8-20(18)19-10-15(24-14(3)22)9-16(25-19)11-23-13(2)21;1-7-3-2-4-9-8(7)5-6-10-9;2*1-2(3)4;1-2/h4-6,15-16,19H,7-11H2,1-3H3;2-4,10H,5-6H2,1H3;2*1H3,(H,3,4);1-2H3. The van der Waals surface area contributed by atoms with Gasteiger partial charge in [-0.3, -0.25) is 19.2 Å². The Balaban J connectivity index is 0.000000413. The van der Waals surface area contributed by atoms with Crippen molar-refractivity contribution in [2.24, 2.45) is 0 Å². The first-order valence-electron chi connectivity index (χ1n) is 15.3. The number of carboxylic acids is 2. The van der Waals surface area contributed by atoms with Gasteiger partial charge in [-0.05, 0) is 61.1 Å². The lowest BCUT2D eigenvalue weighted by molar-refractivity contribution is -0.168. The summed E-state index contributed by atoms with van der Waals surface area (Å²) in [6.07, 6.45) is 2.63. The number of carbonyl (C=O) groups excluding carboxylic acids is 2. The van der Waals surface area contributed by atoms with Crippen LogP contribution < -0.4 is 10.2 Å². The van der Waals surface area contributed by atoms with Gasteiger partial charge in [-0.1, -0.05) is 38.1 Å². The smallest absolute Gasteiger partial charge is 0.302 e. The largest absolute Gasteiger partial charge is 0.481 e. The maximum absolute atomic E-state index is 11.4. The summed E-state index contributed by atoms with van der Waals surface area (Å²) in [6.45, 7) is 15.4. The van der Waals surface area contributed by atoms with Crippen LogP contribution >= 0.6 is 0 Å². The number of ether oxygens (including phenoxy) is 3. The molecule has 0 amide bonds. The Morgan fingerprint density at radius 3 is 2.00 bits per heavy atom. The molecule has 1 saturated heterocycles. The van der Waals surface area contributed by atoms with Gasteiger partial charge >= 0.3 is 11.9 Å². The molecule has 0 radical (unpaired) electrons. The first-order chi connectivity index (χ1) is 21.3. The Morgan fingerprint density at radius 2 is 1.44 bits per heavy atom. The minimum absolute atomic E-state index is 0.179. The molecule has 45 heavy (non-hydrogen) atoms. The second kappa shape index (κ2) is 20.0. The van der Waals surface area contributed by atoms with Gasteiger partial charge in [-0.25, -0.2) is 0 Å². The van der Waals surface area contributed by atoms with Crippen LogP contribution in [0.1, 0.15) is 76.6 Å². The molecule has 0 bridgehead atoms. The molecule has 0 aromatic heterocycles. The lowest BCUT2D eigenvalue weighted by Crippen LogP contribution is -2.48. The number of hydrogen-bond acceptors (Lipinski definition) is 9. The third kappa shape index (κ3) is 14.0. The lowest BCUT2D eigenvalue weighted by Gasteiger charge is -2.40. The van der Waals surface area contributed by atoms with Crippen molar-refractivity contribution >= 4 is 35.3 Å². The highest BCUT2D eigenvalue weighted by Crippen LogP contribution is 2.36. The van der Waals surface area contributed by atoms with E-state index >= 15 is 0 Å². The Hall–Kier alpha value is -4.12. The molecule has 0 aliphatic carbocycles. The van der Waals surface area contributed by atoms with Crippen molar-refractivity contribution in [2.75, 3.05) is 29.9 Å². The molecule has 3 aliphatic heterocycles. The molecule has 3 unspecified atom stereocenters. The number of esters is 2. The number of aryl methyl sites for hydroxylation is 2. The van der Waals surface area contributed by atoms with Crippen molar-refractivity contribution in [3.05, 3.63) is 58.7 Å². The molecule has 0 saturated carbocycles. The van der Waals surface area contributed by atoms with Gasteiger partial charge in [0.2, 0.25) is 0 Å². The predicted molar refractivity (Wildman–Crippen MR) is 174 cm³/mol. The summed E-state index contributed by atoms with van der Waals surface area (Å²) in [5.74, 6) is -2.30. The number of anilines is 2. The zero-order valence-corrected chi connectivity index (χ0v) is 27.8. The van der Waals surface area contributed by atoms with E-state index in [1.165, 1.54) is 53.9 Å². The number of rotatable bonds is 4. The first-order valence-corrected chi connectivity index (χ1v) is 15.3. The molecule has 2 aromatic rings. The fourth-order valence-corrected chi connectivity index (χ4v) is 5.25. The number of benzene rings is 2. The molecule has 5 rings (SSSR count). The summed E-state index contributed by atoms with van der Waals surface area (Å²) in [7, 11) is 0. The van der Waals surface area contributed by atoms with Gasteiger partial charge in [0.1, 0.15) is 18.9 Å². The van der Waals surface area contributed by atoms with Crippen molar-refractivity contribution in [1.29, 1.82) is 0 Å².